The molecule has 0 aromatic heterocycles. The highest BCUT2D eigenvalue weighted by Gasteiger charge is 2.47. The summed E-state index contributed by atoms with van der Waals surface area (Å²) in [6.45, 7) is 4.46. The lowest BCUT2D eigenvalue weighted by molar-refractivity contribution is 0.0123. The topological polar surface area (TPSA) is 61.8 Å². The molecule has 0 spiro atoms. The number of benzene rings is 1. The second-order valence-corrected chi connectivity index (χ2v) is 5.83. The van der Waals surface area contributed by atoms with Gasteiger partial charge in [0, 0.05) is 18.5 Å². The molecule has 1 aromatic rings. The molecular weight excluding hydrogens is 256 g/mol. The summed E-state index contributed by atoms with van der Waals surface area (Å²) in [6.07, 6.45) is 1.86. The number of cyclic esters (lactones) is 1. The largest absolute Gasteiger partial charge is 0.508 e. The van der Waals surface area contributed by atoms with E-state index in [1.54, 1.807) is 23.1 Å². The summed E-state index contributed by atoms with van der Waals surface area (Å²) in [7, 11) is 0. The monoisotopic (exact) mass is 276 g/mol. The molecule has 1 amide bonds. The second kappa shape index (κ2) is 4.98. The van der Waals surface area contributed by atoms with Crippen LogP contribution in [0.1, 0.15) is 19.8 Å². The lowest BCUT2D eigenvalue weighted by Crippen LogP contribution is -2.46. The molecule has 5 nitrogen and oxygen atoms in total. The summed E-state index contributed by atoms with van der Waals surface area (Å²) in [5.41, 5.74) is 0.221. The Kier molecular flexibility index (Phi) is 3.30. The van der Waals surface area contributed by atoms with Crippen LogP contribution in [-0.2, 0) is 4.74 Å². The maximum atomic E-state index is 12.1. The van der Waals surface area contributed by atoms with Crippen molar-refractivity contribution in [3.8, 4) is 5.75 Å². The first-order valence-corrected chi connectivity index (χ1v) is 7.09. The van der Waals surface area contributed by atoms with E-state index in [0.29, 0.717) is 18.2 Å². The van der Waals surface area contributed by atoms with Gasteiger partial charge in [0.05, 0.1) is 12.2 Å². The van der Waals surface area contributed by atoms with Crippen molar-refractivity contribution in [1.29, 1.82) is 0 Å². The molecule has 2 heterocycles. The van der Waals surface area contributed by atoms with Crippen molar-refractivity contribution in [2.24, 2.45) is 5.92 Å². The van der Waals surface area contributed by atoms with Gasteiger partial charge in [-0.2, -0.15) is 0 Å². The Balaban J connectivity index is 1.80. The van der Waals surface area contributed by atoms with Crippen LogP contribution in [-0.4, -0.2) is 36.4 Å². The molecule has 2 unspecified atom stereocenters. The zero-order valence-corrected chi connectivity index (χ0v) is 11.6. The van der Waals surface area contributed by atoms with Gasteiger partial charge in [0.1, 0.15) is 11.4 Å². The molecule has 2 fully saturated rings. The first-order valence-electron chi connectivity index (χ1n) is 7.09. The highest BCUT2D eigenvalue weighted by molar-refractivity contribution is 5.90. The van der Waals surface area contributed by atoms with Crippen molar-refractivity contribution in [2.75, 3.05) is 24.5 Å². The number of aromatic hydroxyl groups is 1. The number of phenols is 1. The van der Waals surface area contributed by atoms with Gasteiger partial charge in [-0.15, -0.1) is 0 Å². The van der Waals surface area contributed by atoms with E-state index in [2.05, 4.69) is 5.32 Å². The third kappa shape index (κ3) is 2.33. The van der Waals surface area contributed by atoms with Crippen LogP contribution < -0.4 is 10.2 Å². The number of amides is 1. The predicted octanol–water partition coefficient (Wildman–Crippen LogP) is 2.11. The van der Waals surface area contributed by atoms with Gasteiger partial charge in [0.2, 0.25) is 0 Å². The van der Waals surface area contributed by atoms with Crippen LogP contribution in [0.2, 0.25) is 0 Å². The van der Waals surface area contributed by atoms with Crippen LogP contribution in [0.25, 0.3) is 0 Å². The first-order chi connectivity index (χ1) is 9.58. The smallest absolute Gasteiger partial charge is 0.415 e. The molecule has 0 radical (unpaired) electrons. The first kappa shape index (κ1) is 13.2. The van der Waals surface area contributed by atoms with E-state index >= 15 is 0 Å². The van der Waals surface area contributed by atoms with E-state index in [-0.39, 0.29) is 11.8 Å². The Labute approximate surface area is 118 Å². The molecule has 3 rings (SSSR count). The van der Waals surface area contributed by atoms with E-state index in [1.165, 1.54) is 0 Å². The number of nitrogens with zero attached hydrogens (tertiary/aromatic N) is 1. The van der Waals surface area contributed by atoms with E-state index in [9.17, 15) is 9.90 Å². The maximum Gasteiger partial charge on any atom is 0.415 e. The van der Waals surface area contributed by atoms with E-state index < -0.39 is 5.60 Å². The molecule has 1 aromatic carbocycles. The number of phenolic OH excluding ortho intramolecular Hbond substituents is 1. The van der Waals surface area contributed by atoms with Gasteiger partial charge in [-0.25, -0.2) is 4.79 Å². The standard InChI is InChI=1S/C15H20N2O3/c1-15(11-4-3-7-16-9-11)10-17(14(19)20-15)12-5-2-6-13(18)8-12/h2,5-6,8,11,16,18H,3-4,7,9-10H2,1H3. The minimum absolute atomic E-state index is 0.156. The average molecular weight is 276 g/mol. The molecule has 108 valence electrons. The molecular formula is C15H20N2O3. The number of piperidine rings is 1. The number of rotatable bonds is 2. The quantitative estimate of drug-likeness (QED) is 0.868. The summed E-state index contributed by atoms with van der Waals surface area (Å²) in [5, 5.41) is 12.9. The van der Waals surface area contributed by atoms with Crippen molar-refractivity contribution in [3.05, 3.63) is 24.3 Å². The highest BCUT2D eigenvalue weighted by Crippen LogP contribution is 2.36. The van der Waals surface area contributed by atoms with Crippen molar-refractivity contribution >= 4 is 11.8 Å². The molecule has 2 N–H and O–H groups in total. The second-order valence-electron chi connectivity index (χ2n) is 5.83. The van der Waals surface area contributed by atoms with Crippen LogP contribution in [0, 0.1) is 5.92 Å². The van der Waals surface area contributed by atoms with Crippen molar-refractivity contribution < 1.29 is 14.6 Å². The fourth-order valence-corrected chi connectivity index (χ4v) is 3.11. The maximum absolute atomic E-state index is 12.1. The van der Waals surface area contributed by atoms with Gasteiger partial charge in [0.15, 0.2) is 0 Å². The number of nitrogens with one attached hydrogen (secondary N) is 1. The molecule has 5 heteroatoms. The normalized spacial score (nSPS) is 30.4. The van der Waals surface area contributed by atoms with Crippen molar-refractivity contribution in [1.82, 2.24) is 5.32 Å². The van der Waals surface area contributed by atoms with Gasteiger partial charge in [-0.3, -0.25) is 4.90 Å². The summed E-state index contributed by atoms with van der Waals surface area (Å²) >= 11 is 0. The van der Waals surface area contributed by atoms with E-state index in [4.69, 9.17) is 4.74 Å². The molecule has 0 aliphatic carbocycles. The lowest BCUT2D eigenvalue weighted by atomic mass is 9.83. The van der Waals surface area contributed by atoms with Crippen LogP contribution in [0.3, 0.4) is 0 Å². The third-order valence-corrected chi connectivity index (χ3v) is 4.31. The van der Waals surface area contributed by atoms with Crippen LogP contribution in [0.15, 0.2) is 24.3 Å². The minimum atomic E-state index is -0.462. The van der Waals surface area contributed by atoms with Gasteiger partial charge < -0.3 is 15.2 Å². The van der Waals surface area contributed by atoms with Gasteiger partial charge in [0.25, 0.3) is 0 Å². The number of ether oxygens (including phenoxy) is 1. The minimum Gasteiger partial charge on any atom is -0.508 e. The highest BCUT2D eigenvalue weighted by atomic mass is 16.6. The van der Waals surface area contributed by atoms with Crippen molar-refractivity contribution in [3.63, 3.8) is 0 Å². The molecule has 20 heavy (non-hydrogen) atoms. The van der Waals surface area contributed by atoms with Gasteiger partial charge in [-0.1, -0.05) is 6.07 Å². The summed E-state index contributed by atoms with van der Waals surface area (Å²) < 4.78 is 5.66. The Morgan fingerprint density at radius 1 is 1.50 bits per heavy atom. The number of carbonyl (C=O) groups excluding carboxylic acids is 1. The number of anilines is 1. The molecule has 2 aliphatic heterocycles. The Bertz CT molecular complexity index is 514. The number of hydrogen-bond acceptors (Lipinski definition) is 4. The Morgan fingerprint density at radius 2 is 2.35 bits per heavy atom. The third-order valence-electron chi connectivity index (χ3n) is 4.31. The molecule has 0 saturated carbocycles. The van der Waals surface area contributed by atoms with Crippen LogP contribution >= 0.6 is 0 Å². The van der Waals surface area contributed by atoms with E-state index in [0.717, 1.165) is 25.9 Å². The van der Waals surface area contributed by atoms with Crippen LogP contribution in [0.5, 0.6) is 5.75 Å². The molecule has 2 atom stereocenters. The van der Waals surface area contributed by atoms with Gasteiger partial charge in [-0.05, 0) is 38.4 Å². The number of hydrogen-bond donors (Lipinski definition) is 2. The summed E-state index contributed by atoms with van der Waals surface area (Å²) in [4.78, 5) is 13.8. The molecule has 2 saturated heterocycles. The average Bonchev–Trinajstić information content (AvgIpc) is 2.77. The predicted molar refractivity (Wildman–Crippen MR) is 75.9 cm³/mol. The van der Waals surface area contributed by atoms with E-state index in [1.807, 2.05) is 13.0 Å². The fourth-order valence-electron chi connectivity index (χ4n) is 3.11. The molecule has 0 bridgehead atoms. The Hall–Kier alpha value is -1.75. The molecule has 2 aliphatic rings. The zero-order valence-electron chi connectivity index (χ0n) is 11.6. The lowest BCUT2D eigenvalue weighted by Gasteiger charge is -2.34. The van der Waals surface area contributed by atoms with Gasteiger partial charge >= 0.3 is 6.09 Å². The number of carbonyl (C=O) groups is 1. The zero-order chi connectivity index (χ0) is 14.2. The fraction of sp³-hybridized carbons (Fsp3) is 0.533. The SMILES string of the molecule is CC1(C2CCCNC2)CN(c2cccc(O)c2)C(=O)O1. The summed E-state index contributed by atoms with van der Waals surface area (Å²) in [6, 6.07) is 6.73. The van der Waals surface area contributed by atoms with Crippen LogP contribution in [0.4, 0.5) is 10.5 Å². The van der Waals surface area contributed by atoms with Crippen molar-refractivity contribution in [2.45, 2.75) is 25.4 Å². The Morgan fingerprint density at radius 3 is 3.05 bits per heavy atom. The summed E-state index contributed by atoms with van der Waals surface area (Å²) in [5.74, 6) is 0.491.